The largest absolute Gasteiger partial charge is 0.497 e. The first-order chi connectivity index (χ1) is 15.3. The van der Waals surface area contributed by atoms with Crippen LogP contribution < -0.4 is 14.8 Å². The molecule has 1 heterocycles. The first-order valence-electron chi connectivity index (χ1n) is 10.5. The Kier molecular flexibility index (Phi) is 8.08. The van der Waals surface area contributed by atoms with E-state index in [0.717, 1.165) is 5.56 Å². The molecular weight excluding hydrogens is 448 g/mol. The van der Waals surface area contributed by atoms with Gasteiger partial charge in [-0.3, -0.25) is 4.79 Å². The summed E-state index contributed by atoms with van der Waals surface area (Å²) in [4.78, 5) is 14.0. The Bertz CT molecular complexity index is 1030. The molecule has 3 rings (SSSR count). The van der Waals surface area contributed by atoms with Crippen LogP contribution in [-0.4, -0.2) is 52.2 Å². The highest BCUT2D eigenvalue weighted by atomic mass is 32.2. The van der Waals surface area contributed by atoms with Gasteiger partial charge in [-0.05, 0) is 55.9 Å². The van der Waals surface area contributed by atoms with Crippen molar-refractivity contribution in [2.45, 2.75) is 35.6 Å². The fraction of sp³-hybridized carbons (Fsp3) is 0.435. The Hall–Kier alpha value is -2.23. The summed E-state index contributed by atoms with van der Waals surface area (Å²) < 4.78 is 38.3. The molecule has 1 aliphatic heterocycles. The Balaban J connectivity index is 1.63. The molecule has 1 aliphatic rings. The number of methoxy groups -OCH3 is 2. The number of rotatable bonds is 8. The van der Waals surface area contributed by atoms with Crippen molar-refractivity contribution in [3.8, 4) is 11.5 Å². The highest BCUT2D eigenvalue weighted by Gasteiger charge is 2.34. The topological polar surface area (TPSA) is 84.9 Å². The van der Waals surface area contributed by atoms with Gasteiger partial charge in [-0.15, -0.1) is 11.8 Å². The molecule has 0 aliphatic carbocycles. The SMILES string of the molecule is COc1ccc(OC)c(S(=O)(=O)N2CCC(C(=O)N[C@H](C)c3ccc(SC)cc3)CC2)c1. The van der Waals surface area contributed by atoms with E-state index in [9.17, 15) is 13.2 Å². The van der Waals surface area contributed by atoms with Gasteiger partial charge in [0.25, 0.3) is 0 Å². The van der Waals surface area contributed by atoms with E-state index in [1.807, 2.05) is 37.4 Å². The van der Waals surface area contributed by atoms with Crippen molar-refractivity contribution in [3.63, 3.8) is 0 Å². The lowest BCUT2D eigenvalue weighted by Crippen LogP contribution is -2.43. The van der Waals surface area contributed by atoms with E-state index in [4.69, 9.17) is 9.47 Å². The van der Waals surface area contributed by atoms with Gasteiger partial charge in [0.15, 0.2) is 0 Å². The number of piperidine rings is 1. The minimum absolute atomic E-state index is 0.0394. The molecule has 2 aromatic carbocycles. The van der Waals surface area contributed by atoms with Crippen molar-refractivity contribution in [1.29, 1.82) is 0 Å². The molecule has 174 valence electrons. The zero-order chi connectivity index (χ0) is 23.3. The minimum atomic E-state index is -3.76. The Morgan fingerprint density at radius 2 is 1.75 bits per heavy atom. The summed E-state index contributed by atoms with van der Waals surface area (Å²) in [6, 6.07) is 12.7. The summed E-state index contributed by atoms with van der Waals surface area (Å²) in [7, 11) is -0.840. The smallest absolute Gasteiger partial charge is 0.246 e. The van der Waals surface area contributed by atoms with E-state index in [2.05, 4.69) is 5.32 Å². The molecule has 0 bridgehead atoms. The second kappa shape index (κ2) is 10.6. The van der Waals surface area contributed by atoms with Gasteiger partial charge in [0.05, 0.1) is 20.3 Å². The second-order valence-electron chi connectivity index (χ2n) is 7.70. The van der Waals surface area contributed by atoms with Crippen molar-refractivity contribution in [3.05, 3.63) is 48.0 Å². The molecule has 2 aromatic rings. The van der Waals surface area contributed by atoms with Crippen molar-refractivity contribution in [2.75, 3.05) is 33.6 Å². The number of thioether (sulfide) groups is 1. The van der Waals surface area contributed by atoms with Crippen LogP contribution in [-0.2, 0) is 14.8 Å². The Morgan fingerprint density at radius 3 is 2.31 bits per heavy atom. The number of nitrogens with zero attached hydrogens (tertiary/aromatic N) is 1. The van der Waals surface area contributed by atoms with E-state index in [-0.39, 0.29) is 41.6 Å². The highest BCUT2D eigenvalue weighted by molar-refractivity contribution is 7.98. The molecule has 0 saturated carbocycles. The van der Waals surface area contributed by atoms with Gasteiger partial charge >= 0.3 is 0 Å². The lowest BCUT2D eigenvalue weighted by Gasteiger charge is -2.31. The van der Waals surface area contributed by atoms with E-state index in [1.165, 1.54) is 29.5 Å². The van der Waals surface area contributed by atoms with Crippen LogP contribution in [0.25, 0.3) is 0 Å². The lowest BCUT2D eigenvalue weighted by molar-refractivity contribution is -0.126. The number of sulfonamides is 1. The fourth-order valence-corrected chi connectivity index (χ4v) is 5.84. The van der Waals surface area contributed by atoms with Crippen LogP contribution in [0.4, 0.5) is 0 Å². The monoisotopic (exact) mass is 478 g/mol. The lowest BCUT2D eigenvalue weighted by atomic mass is 9.96. The van der Waals surface area contributed by atoms with Crippen LogP contribution in [0.1, 0.15) is 31.4 Å². The number of carbonyl (C=O) groups excluding carboxylic acids is 1. The van der Waals surface area contributed by atoms with Crippen molar-refractivity contribution in [2.24, 2.45) is 5.92 Å². The van der Waals surface area contributed by atoms with Crippen LogP contribution in [0.5, 0.6) is 11.5 Å². The van der Waals surface area contributed by atoms with Crippen molar-refractivity contribution < 1.29 is 22.7 Å². The molecular formula is C23H30N2O5S2. The molecule has 1 atom stereocenters. The van der Waals surface area contributed by atoms with Gasteiger partial charge in [-0.25, -0.2) is 8.42 Å². The maximum absolute atomic E-state index is 13.2. The first kappa shape index (κ1) is 24.4. The molecule has 1 amide bonds. The van der Waals surface area contributed by atoms with Gasteiger partial charge < -0.3 is 14.8 Å². The summed E-state index contributed by atoms with van der Waals surface area (Å²) >= 11 is 1.67. The van der Waals surface area contributed by atoms with Crippen molar-refractivity contribution >= 4 is 27.7 Å². The van der Waals surface area contributed by atoms with Crippen LogP contribution in [0.3, 0.4) is 0 Å². The third-order valence-corrected chi connectivity index (χ3v) is 8.45. The fourth-order valence-electron chi connectivity index (χ4n) is 3.79. The summed E-state index contributed by atoms with van der Waals surface area (Å²) in [5, 5.41) is 3.07. The molecule has 7 nitrogen and oxygen atoms in total. The number of amides is 1. The van der Waals surface area contributed by atoms with E-state index in [0.29, 0.717) is 18.6 Å². The van der Waals surface area contributed by atoms with Crippen LogP contribution in [0, 0.1) is 5.92 Å². The number of ether oxygens (including phenoxy) is 2. The van der Waals surface area contributed by atoms with Gasteiger partial charge in [0.2, 0.25) is 15.9 Å². The van der Waals surface area contributed by atoms with Crippen molar-refractivity contribution in [1.82, 2.24) is 9.62 Å². The minimum Gasteiger partial charge on any atom is -0.497 e. The number of benzene rings is 2. The quantitative estimate of drug-likeness (QED) is 0.583. The average Bonchev–Trinajstić information content (AvgIpc) is 2.83. The molecule has 32 heavy (non-hydrogen) atoms. The maximum atomic E-state index is 13.2. The predicted molar refractivity (Wildman–Crippen MR) is 126 cm³/mol. The molecule has 1 saturated heterocycles. The van der Waals surface area contributed by atoms with Gasteiger partial charge in [0, 0.05) is 30.0 Å². The molecule has 0 aromatic heterocycles. The number of hydrogen-bond acceptors (Lipinski definition) is 6. The molecule has 0 spiro atoms. The van der Waals surface area contributed by atoms with Crippen LogP contribution >= 0.6 is 11.8 Å². The van der Waals surface area contributed by atoms with Gasteiger partial charge in [0.1, 0.15) is 16.4 Å². The van der Waals surface area contributed by atoms with Crippen LogP contribution in [0.15, 0.2) is 52.3 Å². The summed E-state index contributed by atoms with van der Waals surface area (Å²) in [6.45, 7) is 2.51. The average molecular weight is 479 g/mol. The Morgan fingerprint density at radius 1 is 1.09 bits per heavy atom. The number of carbonyl (C=O) groups is 1. The van der Waals surface area contributed by atoms with E-state index in [1.54, 1.807) is 23.9 Å². The molecule has 1 N–H and O–H groups in total. The third kappa shape index (κ3) is 5.39. The summed E-state index contributed by atoms with van der Waals surface area (Å²) in [5.74, 6) is 0.453. The zero-order valence-electron chi connectivity index (χ0n) is 18.8. The van der Waals surface area contributed by atoms with Gasteiger partial charge in [-0.2, -0.15) is 4.31 Å². The first-order valence-corrected chi connectivity index (χ1v) is 13.1. The predicted octanol–water partition coefficient (Wildman–Crippen LogP) is 3.70. The third-order valence-electron chi connectivity index (χ3n) is 5.79. The molecule has 0 unspecified atom stereocenters. The van der Waals surface area contributed by atoms with E-state index >= 15 is 0 Å². The van der Waals surface area contributed by atoms with Crippen LogP contribution in [0.2, 0.25) is 0 Å². The number of nitrogens with one attached hydrogen (secondary N) is 1. The number of hydrogen-bond donors (Lipinski definition) is 1. The molecule has 0 radical (unpaired) electrons. The zero-order valence-corrected chi connectivity index (χ0v) is 20.5. The summed E-state index contributed by atoms with van der Waals surface area (Å²) in [6.07, 6.45) is 2.96. The van der Waals surface area contributed by atoms with Gasteiger partial charge in [-0.1, -0.05) is 12.1 Å². The highest BCUT2D eigenvalue weighted by Crippen LogP contribution is 2.32. The maximum Gasteiger partial charge on any atom is 0.246 e. The molecule has 1 fully saturated rings. The molecule has 9 heteroatoms. The Labute approximate surface area is 194 Å². The normalized spacial score (nSPS) is 16.4. The second-order valence-corrected chi connectivity index (χ2v) is 10.5. The van der Waals surface area contributed by atoms with E-state index < -0.39 is 10.0 Å². The summed E-state index contributed by atoms with van der Waals surface area (Å²) in [5.41, 5.74) is 1.04. The standard InChI is InChI=1S/C23H30N2O5S2/c1-16(17-5-8-20(31-4)9-6-17)24-23(26)18-11-13-25(14-12-18)32(27,28)22-15-19(29-2)7-10-21(22)30-3/h5-10,15-16,18H,11-14H2,1-4H3,(H,24,26)/t16-/m1/s1.